The lowest BCUT2D eigenvalue weighted by Gasteiger charge is -2.13. The molecule has 0 bridgehead atoms. The summed E-state index contributed by atoms with van der Waals surface area (Å²) in [7, 11) is 0. The Balaban J connectivity index is 0. The smallest absolute Gasteiger partial charge is 0.374 e. The van der Waals surface area contributed by atoms with Crippen LogP contribution < -0.4 is 0 Å². The first-order valence-electron chi connectivity index (χ1n) is 11.9. The molecule has 0 unspecified atom stereocenters. The highest BCUT2D eigenvalue weighted by Gasteiger charge is 2.27. The summed E-state index contributed by atoms with van der Waals surface area (Å²) in [6.07, 6.45) is 2.90. The van der Waals surface area contributed by atoms with Crippen LogP contribution in [0, 0.1) is 0 Å². The van der Waals surface area contributed by atoms with Crippen LogP contribution in [0.3, 0.4) is 0 Å². The van der Waals surface area contributed by atoms with E-state index in [2.05, 4.69) is 18.6 Å². The van der Waals surface area contributed by atoms with Gasteiger partial charge in [-0.2, -0.15) is 9.59 Å². The van der Waals surface area contributed by atoms with Gasteiger partial charge in [0, 0.05) is 12.8 Å². The summed E-state index contributed by atoms with van der Waals surface area (Å²) in [5, 5.41) is 18.4. The molecule has 1 aromatic rings. The minimum Gasteiger partial charge on any atom is -0.460 e. The predicted octanol–water partition coefficient (Wildman–Crippen LogP) is 2.60. The van der Waals surface area contributed by atoms with Crippen molar-refractivity contribution < 1.29 is 52.9 Å². The van der Waals surface area contributed by atoms with Crippen molar-refractivity contribution in [2.24, 2.45) is 0 Å². The lowest BCUT2D eigenvalue weighted by molar-refractivity contribution is -0.191. The number of furan rings is 1. The van der Waals surface area contributed by atoms with Gasteiger partial charge >= 0.3 is 18.1 Å². The Morgan fingerprint density at radius 1 is 0.917 bits per heavy atom. The third kappa shape index (κ3) is 17.3. The predicted molar refractivity (Wildman–Crippen MR) is 126 cm³/mol. The van der Waals surface area contributed by atoms with E-state index in [1.807, 2.05) is 13.0 Å². The van der Waals surface area contributed by atoms with Gasteiger partial charge in [-0.1, -0.05) is 40.0 Å². The first kappa shape index (κ1) is 35.0. The molecule has 11 heteroatoms. The van der Waals surface area contributed by atoms with Gasteiger partial charge in [0.25, 0.3) is 0 Å². The Morgan fingerprint density at radius 3 is 1.94 bits per heavy atom. The van der Waals surface area contributed by atoms with Gasteiger partial charge in [0.1, 0.15) is 11.9 Å². The number of unbranched alkanes of at least 4 members (excludes halogenated alkanes) is 3. The number of rotatable bonds is 15. The van der Waals surface area contributed by atoms with Gasteiger partial charge in [-0.25, -0.2) is 9.59 Å². The lowest BCUT2D eigenvalue weighted by atomic mass is 10.1. The van der Waals surface area contributed by atoms with Gasteiger partial charge in [-0.15, -0.1) is 0 Å². The summed E-state index contributed by atoms with van der Waals surface area (Å²) in [5.41, 5.74) is 0. The molecule has 0 saturated heterocycles. The lowest BCUT2D eigenvalue weighted by Crippen LogP contribution is -2.35. The number of hydrogen-bond donors (Lipinski definition) is 2. The molecule has 2 atom stereocenters. The quantitative estimate of drug-likeness (QED) is 0.200. The zero-order valence-electron chi connectivity index (χ0n) is 21.4. The molecule has 0 spiro atoms. The van der Waals surface area contributed by atoms with E-state index in [0.717, 1.165) is 51.2 Å². The second-order valence-electron chi connectivity index (χ2n) is 7.68. The molecule has 0 radical (unpaired) electrons. The Bertz CT molecular complexity index is 807. The molecule has 0 amide bonds. The zero-order valence-corrected chi connectivity index (χ0v) is 21.4. The molecular formula is C25H38O11. The number of carbonyl (C=O) groups is 4. The van der Waals surface area contributed by atoms with Crippen LogP contribution in [0.25, 0.3) is 0 Å². The van der Waals surface area contributed by atoms with E-state index >= 15 is 0 Å². The third-order valence-corrected chi connectivity index (χ3v) is 4.50. The number of aliphatic hydroxyl groups is 2. The van der Waals surface area contributed by atoms with Gasteiger partial charge in [0.05, 0.1) is 19.3 Å². The molecule has 0 saturated carbocycles. The Hall–Kier alpha value is -3.14. The minimum absolute atomic E-state index is 0.145. The molecular weight excluding hydrogens is 476 g/mol. The number of hydrogen-bond acceptors (Lipinski definition) is 11. The Labute approximate surface area is 211 Å². The topological polar surface area (TPSA) is 174 Å². The first-order chi connectivity index (χ1) is 17.1. The molecule has 36 heavy (non-hydrogen) atoms. The molecule has 0 aliphatic rings. The van der Waals surface area contributed by atoms with Crippen LogP contribution in [0.4, 0.5) is 0 Å². The summed E-state index contributed by atoms with van der Waals surface area (Å²) < 4.78 is 15.1. The van der Waals surface area contributed by atoms with E-state index < -0.39 is 36.2 Å². The van der Waals surface area contributed by atoms with E-state index in [1.165, 1.54) is 0 Å². The van der Waals surface area contributed by atoms with Crippen LogP contribution >= 0.6 is 0 Å². The molecule has 0 aliphatic carbocycles. The van der Waals surface area contributed by atoms with E-state index in [0.29, 0.717) is 18.8 Å². The highest BCUT2D eigenvalue weighted by molar-refractivity contribution is 6.33. The average molecular weight is 515 g/mol. The van der Waals surface area contributed by atoms with Gasteiger partial charge in [0.2, 0.25) is 11.5 Å². The highest BCUT2D eigenvalue weighted by Crippen LogP contribution is 2.12. The molecule has 1 aromatic heterocycles. The fourth-order valence-corrected chi connectivity index (χ4v) is 2.40. The van der Waals surface area contributed by atoms with Crippen LogP contribution in [0.1, 0.15) is 89.0 Å². The monoisotopic (exact) mass is 514 g/mol. The minimum atomic E-state index is -1.65. The van der Waals surface area contributed by atoms with Gasteiger partial charge in [-0.05, 0) is 38.3 Å². The van der Waals surface area contributed by atoms with Crippen molar-refractivity contribution in [3.63, 3.8) is 0 Å². The average Bonchev–Trinajstić information content (AvgIpc) is 3.32. The number of carbonyl (C=O) groups excluding carboxylic acids is 6. The molecule has 204 valence electrons. The van der Waals surface area contributed by atoms with Crippen LogP contribution in [0.15, 0.2) is 16.5 Å². The van der Waals surface area contributed by atoms with E-state index in [1.54, 1.807) is 6.07 Å². The summed E-state index contributed by atoms with van der Waals surface area (Å²) in [4.78, 5) is 60.8. The fourth-order valence-electron chi connectivity index (χ4n) is 2.40. The number of ketones is 2. The van der Waals surface area contributed by atoms with Crippen molar-refractivity contribution in [3.8, 4) is 0 Å². The second kappa shape index (κ2) is 22.3. The molecule has 0 fully saturated rings. The van der Waals surface area contributed by atoms with Crippen LogP contribution in [0.5, 0.6) is 0 Å². The van der Waals surface area contributed by atoms with E-state index in [4.69, 9.17) is 23.8 Å². The molecule has 2 N–H and O–H groups in total. The summed E-state index contributed by atoms with van der Waals surface area (Å²) in [6.45, 7) is 7.79. The number of aryl methyl sites for hydroxylation is 1. The first-order valence-corrected chi connectivity index (χ1v) is 11.9. The highest BCUT2D eigenvalue weighted by atomic mass is 16.5. The standard InChI is InChI=1S/C13H20O3.C11H18O6.CO2/c1-3-5-7-11-8-9-12(16-11)13(14)15-10-6-4-2;1-3-4-5-17-11(16)9(14)6-8(13)10(15)7(2)12;2-1-3/h8-9H,3-7,10H2,1-2H3;8,10,13,15H,3-6H2,1-2H3;/t;8-,10-;/m.0./s1. The maximum atomic E-state index is 11.5. The fraction of sp³-hybridized carbons (Fsp3) is 0.640. The SMILES string of the molecule is CCCCOC(=O)C(=O)C[C@H](O)[C@@H](O)C(C)=O.CCCCOC(=O)c1ccc(CCCC)o1.O=C=O. The second-order valence-corrected chi connectivity index (χ2v) is 7.68. The largest absolute Gasteiger partial charge is 0.460 e. The molecule has 1 heterocycles. The van der Waals surface area contributed by atoms with Crippen molar-refractivity contribution in [3.05, 3.63) is 23.7 Å². The molecule has 0 aliphatic heterocycles. The normalized spacial score (nSPS) is 11.4. The summed E-state index contributed by atoms with van der Waals surface area (Å²) >= 11 is 0. The van der Waals surface area contributed by atoms with E-state index in [-0.39, 0.29) is 18.7 Å². The van der Waals surface area contributed by atoms with Crippen molar-refractivity contribution in [2.45, 2.75) is 91.3 Å². The Kier molecular flexibility index (Phi) is 21.7. The van der Waals surface area contributed by atoms with Crippen molar-refractivity contribution >= 4 is 29.7 Å². The van der Waals surface area contributed by atoms with Crippen molar-refractivity contribution in [1.82, 2.24) is 0 Å². The van der Waals surface area contributed by atoms with Gasteiger partial charge in [0.15, 0.2) is 5.78 Å². The van der Waals surface area contributed by atoms with Crippen LogP contribution in [-0.4, -0.2) is 65.3 Å². The number of Topliss-reactive ketones (excluding diaryl/α,β-unsaturated/α-hetero) is 2. The maximum absolute atomic E-state index is 11.5. The van der Waals surface area contributed by atoms with Crippen LogP contribution in [-0.2, 0) is 39.9 Å². The number of ether oxygens (including phenoxy) is 2. The van der Waals surface area contributed by atoms with Crippen molar-refractivity contribution in [2.75, 3.05) is 13.2 Å². The van der Waals surface area contributed by atoms with Crippen LogP contribution in [0.2, 0.25) is 0 Å². The summed E-state index contributed by atoms with van der Waals surface area (Å²) in [5.74, 6) is -1.82. The zero-order chi connectivity index (χ0) is 27.9. The third-order valence-electron chi connectivity index (χ3n) is 4.50. The molecule has 1 rings (SSSR count). The van der Waals surface area contributed by atoms with Gasteiger partial charge in [-0.3, -0.25) is 9.59 Å². The molecule has 0 aromatic carbocycles. The Morgan fingerprint density at radius 2 is 1.44 bits per heavy atom. The summed E-state index contributed by atoms with van der Waals surface area (Å²) in [6, 6.07) is 3.55. The number of aliphatic hydroxyl groups excluding tert-OH is 2. The number of esters is 2. The van der Waals surface area contributed by atoms with Gasteiger partial charge < -0.3 is 24.1 Å². The van der Waals surface area contributed by atoms with E-state index in [9.17, 15) is 24.3 Å². The molecule has 11 nitrogen and oxygen atoms in total. The maximum Gasteiger partial charge on any atom is 0.374 e. The van der Waals surface area contributed by atoms with Crippen molar-refractivity contribution in [1.29, 1.82) is 0 Å².